The Bertz CT molecular complexity index is 683. The van der Waals surface area contributed by atoms with Crippen molar-refractivity contribution in [1.29, 1.82) is 0 Å². The lowest BCUT2D eigenvalue weighted by Crippen LogP contribution is -2.28. The number of carboxylic acids is 1. The molecule has 0 saturated heterocycles. The van der Waals surface area contributed by atoms with Crippen LogP contribution in [0.4, 0.5) is 10.5 Å². The van der Waals surface area contributed by atoms with Crippen LogP contribution in [0.1, 0.15) is 11.1 Å². The van der Waals surface area contributed by atoms with E-state index in [1.165, 1.54) is 0 Å². The van der Waals surface area contributed by atoms with Gasteiger partial charge in [0.05, 0.1) is 13.5 Å². The van der Waals surface area contributed by atoms with Crippen molar-refractivity contribution in [2.75, 3.05) is 12.4 Å². The van der Waals surface area contributed by atoms with E-state index < -0.39 is 5.97 Å². The van der Waals surface area contributed by atoms with Gasteiger partial charge in [-0.15, -0.1) is 0 Å². The van der Waals surface area contributed by atoms with Crippen LogP contribution in [0.3, 0.4) is 0 Å². The van der Waals surface area contributed by atoms with E-state index in [0.717, 1.165) is 5.56 Å². The minimum Gasteiger partial charge on any atom is -0.496 e. The number of anilines is 1. The van der Waals surface area contributed by atoms with Gasteiger partial charge in [-0.05, 0) is 23.8 Å². The van der Waals surface area contributed by atoms with Gasteiger partial charge in [-0.25, -0.2) is 4.79 Å². The normalized spacial score (nSPS) is 9.96. The number of rotatable bonds is 6. The van der Waals surface area contributed by atoms with Crippen LogP contribution in [0.5, 0.6) is 5.75 Å². The zero-order valence-electron chi connectivity index (χ0n) is 12.7. The van der Waals surface area contributed by atoms with Crippen molar-refractivity contribution in [3.63, 3.8) is 0 Å². The van der Waals surface area contributed by atoms with Gasteiger partial charge in [0.2, 0.25) is 0 Å². The molecule has 2 aromatic rings. The highest BCUT2D eigenvalue weighted by Gasteiger charge is 2.06. The van der Waals surface area contributed by atoms with Crippen molar-refractivity contribution < 1.29 is 19.4 Å². The molecule has 6 nitrogen and oxygen atoms in total. The van der Waals surface area contributed by atoms with Crippen LogP contribution in [0.25, 0.3) is 0 Å². The molecule has 3 N–H and O–H groups in total. The Morgan fingerprint density at radius 2 is 1.78 bits per heavy atom. The zero-order chi connectivity index (χ0) is 16.7. The van der Waals surface area contributed by atoms with Gasteiger partial charge in [0.15, 0.2) is 0 Å². The zero-order valence-corrected chi connectivity index (χ0v) is 12.7. The van der Waals surface area contributed by atoms with Crippen LogP contribution in [0.2, 0.25) is 0 Å². The molecular formula is C17H18N2O4. The summed E-state index contributed by atoms with van der Waals surface area (Å²) >= 11 is 0. The monoisotopic (exact) mass is 314 g/mol. The van der Waals surface area contributed by atoms with Gasteiger partial charge in [0.25, 0.3) is 0 Å². The topological polar surface area (TPSA) is 87.7 Å². The molecule has 6 heteroatoms. The molecule has 0 aromatic heterocycles. The number of carbonyl (C=O) groups is 2. The fraction of sp³-hybridized carbons (Fsp3) is 0.176. The maximum absolute atomic E-state index is 11.9. The van der Waals surface area contributed by atoms with Gasteiger partial charge in [-0.1, -0.05) is 30.3 Å². The van der Waals surface area contributed by atoms with Crippen molar-refractivity contribution in [3.8, 4) is 5.75 Å². The molecule has 0 aliphatic heterocycles. The Labute approximate surface area is 134 Å². The Kier molecular flexibility index (Phi) is 5.57. The van der Waals surface area contributed by atoms with E-state index in [9.17, 15) is 9.59 Å². The predicted octanol–water partition coefficient (Wildman–Crippen LogP) is 2.64. The Morgan fingerprint density at radius 1 is 1.09 bits per heavy atom. The third-order valence-corrected chi connectivity index (χ3v) is 3.20. The Hall–Kier alpha value is -3.02. The van der Waals surface area contributed by atoms with E-state index in [1.54, 1.807) is 31.4 Å². The van der Waals surface area contributed by atoms with Crippen LogP contribution < -0.4 is 15.4 Å². The number of urea groups is 1. The fourth-order valence-corrected chi connectivity index (χ4v) is 2.08. The van der Waals surface area contributed by atoms with Gasteiger partial charge in [0, 0.05) is 17.8 Å². The molecule has 0 aliphatic rings. The minimum absolute atomic E-state index is 0.0414. The second-order valence-electron chi connectivity index (χ2n) is 4.89. The number of hydrogen-bond donors (Lipinski definition) is 3. The molecule has 2 amide bonds. The van der Waals surface area contributed by atoms with Gasteiger partial charge in [-0.3, -0.25) is 4.79 Å². The lowest BCUT2D eigenvalue weighted by Gasteiger charge is -2.10. The third-order valence-electron chi connectivity index (χ3n) is 3.20. The molecule has 0 heterocycles. The summed E-state index contributed by atoms with van der Waals surface area (Å²) in [5.74, 6) is -0.175. The first-order chi connectivity index (χ1) is 11.1. The number of carboxylic acid groups (broad SMARTS) is 1. The molecular weight excluding hydrogens is 296 g/mol. The van der Waals surface area contributed by atoms with E-state index >= 15 is 0 Å². The standard InChI is InChI=1S/C17H18N2O4/c1-23-15-5-3-2-4-13(15)11-18-17(22)19-14-8-6-12(7-9-14)10-16(20)21/h2-9H,10-11H2,1H3,(H,20,21)(H2,18,19,22). The largest absolute Gasteiger partial charge is 0.496 e. The predicted molar refractivity (Wildman–Crippen MR) is 86.6 cm³/mol. The van der Waals surface area contributed by atoms with E-state index in [1.807, 2.05) is 24.3 Å². The summed E-state index contributed by atoms with van der Waals surface area (Å²) in [7, 11) is 1.58. The van der Waals surface area contributed by atoms with E-state index in [0.29, 0.717) is 23.5 Å². The molecule has 0 saturated carbocycles. The summed E-state index contributed by atoms with van der Waals surface area (Å²) in [5.41, 5.74) is 2.15. The lowest BCUT2D eigenvalue weighted by atomic mass is 10.1. The number of aliphatic carboxylic acids is 1. The van der Waals surface area contributed by atoms with Crippen LogP contribution in [0.15, 0.2) is 48.5 Å². The molecule has 0 unspecified atom stereocenters. The average Bonchev–Trinajstić information content (AvgIpc) is 2.54. The molecule has 0 bridgehead atoms. The van der Waals surface area contributed by atoms with E-state index in [-0.39, 0.29) is 12.5 Å². The number of nitrogens with one attached hydrogen (secondary N) is 2. The molecule has 23 heavy (non-hydrogen) atoms. The van der Waals surface area contributed by atoms with Crippen LogP contribution in [-0.4, -0.2) is 24.2 Å². The first-order valence-corrected chi connectivity index (χ1v) is 7.06. The summed E-state index contributed by atoms with van der Waals surface area (Å²) in [4.78, 5) is 22.5. The summed E-state index contributed by atoms with van der Waals surface area (Å²) in [5, 5.41) is 14.1. The van der Waals surface area contributed by atoms with E-state index in [4.69, 9.17) is 9.84 Å². The Balaban J connectivity index is 1.88. The molecule has 0 aliphatic carbocycles. The Morgan fingerprint density at radius 3 is 2.43 bits per heavy atom. The smallest absolute Gasteiger partial charge is 0.319 e. The summed E-state index contributed by atoms with van der Waals surface area (Å²) in [6.07, 6.45) is -0.0414. The molecule has 0 radical (unpaired) electrons. The third kappa shape index (κ3) is 5.03. The summed E-state index contributed by atoms with van der Waals surface area (Å²) in [6, 6.07) is 13.8. The van der Waals surface area contributed by atoms with Gasteiger partial charge in [-0.2, -0.15) is 0 Å². The number of benzene rings is 2. The second kappa shape index (κ2) is 7.84. The lowest BCUT2D eigenvalue weighted by molar-refractivity contribution is -0.136. The first-order valence-electron chi connectivity index (χ1n) is 7.06. The molecule has 0 atom stereocenters. The van der Waals surface area contributed by atoms with Gasteiger partial charge in [0.1, 0.15) is 5.75 Å². The highest BCUT2D eigenvalue weighted by molar-refractivity contribution is 5.89. The number of amides is 2. The molecule has 2 aromatic carbocycles. The summed E-state index contributed by atoms with van der Waals surface area (Å²) in [6.45, 7) is 0.340. The van der Waals surface area contributed by atoms with Crippen molar-refractivity contribution >= 4 is 17.7 Å². The number of ether oxygens (including phenoxy) is 1. The van der Waals surface area contributed by atoms with Crippen molar-refractivity contribution in [3.05, 3.63) is 59.7 Å². The van der Waals surface area contributed by atoms with Crippen molar-refractivity contribution in [2.24, 2.45) is 0 Å². The summed E-state index contributed by atoms with van der Waals surface area (Å²) < 4.78 is 5.22. The van der Waals surface area contributed by atoms with Crippen molar-refractivity contribution in [1.82, 2.24) is 5.32 Å². The van der Waals surface area contributed by atoms with Crippen LogP contribution >= 0.6 is 0 Å². The quantitative estimate of drug-likeness (QED) is 0.765. The van der Waals surface area contributed by atoms with Crippen LogP contribution in [-0.2, 0) is 17.8 Å². The number of para-hydroxylation sites is 1. The van der Waals surface area contributed by atoms with E-state index in [2.05, 4.69) is 10.6 Å². The average molecular weight is 314 g/mol. The number of hydrogen-bond acceptors (Lipinski definition) is 3. The number of carbonyl (C=O) groups excluding carboxylic acids is 1. The highest BCUT2D eigenvalue weighted by Crippen LogP contribution is 2.16. The van der Waals surface area contributed by atoms with Crippen molar-refractivity contribution in [2.45, 2.75) is 13.0 Å². The maximum atomic E-state index is 11.9. The molecule has 2 rings (SSSR count). The highest BCUT2D eigenvalue weighted by atomic mass is 16.5. The molecule has 120 valence electrons. The van der Waals surface area contributed by atoms with Crippen LogP contribution in [0, 0.1) is 0 Å². The fourth-order valence-electron chi connectivity index (χ4n) is 2.08. The van der Waals surface area contributed by atoms with Gasteiger partial charge < -0.3 is 20.5 Å². The molecule has 0 spiro atoms. The maximum Gasteiger partial charge on any atom is 0.319 e. The SMILES string of the molecule is COc1ccccc1CNC(=O)Nc1ccc(CC(=O)O)cc1. The minimum atomic E-state index is -0.889. The molecule has 0 fully saturated rings. The first kappa shape index (κ1) is 16.4. The number of methoxy groups -OCH3 is 1. The van der Waals surface area contributed by atoms with Gasteiger partial charge >= 0.3 is 12.0 Å². The second-order valence-corrected chi connectivity index (χ2v) is 4.89.